The number of aromatic nitrogens is 2. The first-order chi connectivity index (χ1) is 8.29. The number of carbonyl (C=O) groups is 1. The molecule has 0 unspecified atom stereocenters. The van der Waals surface area contributed by atoms with Gasteiger partial charge in [0.15, 0.2) is 0 Å². The third kappa shape index (κ3) is 2.63. The Morgan fingerprint density at radius 1 is 1.29 bits per heavy atom. The van der Waals surface area contributed by atoms with Crippen LogP contribution in [-0.4, -0.2) is 15.9 Å². The van der Waals surface area contributed by atoms with Crippen molar-refractivity contribution < 1.29 is 4.79 Å². The Hall–Kier alpha value is -2.74. The van der Waals surface area contributed by atoms with Gasteiger partial charge in [-0.1, -0.05) is 6.07 Å². The smallest absolute Gasteiger partial charge is 0.274 e. The maximum atomic E-state index is 11.8. The Morgan fingerprint density at radius 2 is 2.18 bits per heavy atom. The summed E-state index contributed by atoms with van der Waals surface area (Å²) in [6.45, 7) is 0. The molecule has 5 nitrogen and oxygen atoms in total. The predicted molar refractivity (Wildman–Crippen MR) is 61.1 cm³/mol. The number of rotatable bonds is 2. The van der Waals surface area contributed by atoms with Gasteiger partial charge in [0.25, 0.3) is 5.91 Å². The molecule has 2 heterocycles. The number of hydrogen-bond donors (Lipinski definition) is 1. The molecule has 1 amide bonds. The van der Waals surface area contributed by atoms with E-state index in [9.17, 15) is 4.79 Å². The minimum absolute atomic E-state index is 0.202. The first kappa shape index (κ1) is 10.8. The van der Waals surface area contributed by atoms with Crippen LogP contribution in [0.25, 0.3) is 0 Å². The van der Waals surface area contributed by atoms with E-state index in [1.807, 2.05) is 6.07 Å². The van der Waals surface area contributed by atoms with Crippen molar-refractivity contribution in [1.82, 2.24) is 9.97 Å². The molecule has 2 aromatic heterocycles. The standard InChI is InChI=1S/C12H8N4O/c13-7-9-3-1-5-11(15-9)12(17)16-10-4-2-6-14-8-10/h1-6,8H,(H,16,17). The highest BCUT2D eigenvalue weighted by molar-refractivity contribution is 6.02. The first-order valence-electron chi connectivity index (χ1n) is 4.88. The summed E-state index contributed by atoms with van der Waals surface area (Å²) in [4.78, 5) is 19.5. The van der Waals surface area contributed by atoms with E-state index in [1.165, 1.54) is 6.20 Å². The van der Waals surface area contributed by atoms with Gasteiger partial charge in [0, 0.05) is 6.20 Å². The average molecular weight is 224 g/mol. The fourth-order valence-electron chi connectivity index (χ4n) is 1.26. The second kappa shape index (κ2) is 4.86. The topological polar surface area (TPSA) is 78.7 Å². The van der Waals surface area contributed by atoms with Gasteiger partial charge < -0.3 is 5.32 Å². The maximum Gasteiger partial charge on any atom is 0.274 e. The van der Waals surface area contributed by atoms with Gasteiger partial charge in [0.2, 0.25) is 0 Å². The number of nitrogens with zero attached hydrogens (tertiary/aromatic N) is 3. The van der Waals surface area contributed by atoms with Crippen molar-refractivity contribution in [3.63, 3.8) is 0 Å². The molecule has 2 rings (SSSR count). The molecule has 2 aromatic rings. The van der Waals surface area contributed by atoms with Crippen LogP contribution in [0.2, 0.25) is 0 Å². The van der Waals surface area contributed by atoms with Crippen molar-refractivity contribution in [2.45, 2.75) is 0 Å². The van der Waals surface area contributed by atoms with Gasteiger partial charge in [-0.25, -0.2) is 4.98 Å². The molecule has 0 spiro atoms. The lowest BCUT2D eigenvalue weighted by Crippen LogP contribution is -2.14. The van der Waals surface area contributed by atoms with Crippen LogP contribution in [0, 0.1) is 11.3 Å². The van der Waals surface area contributed by atoms with Gasteiger partial charge in [-0.15, -0.1) is 0 Å². The molecule has 0 radical (unpaired) electrons. The molecule has 0 fully saturated rings. The van der Waals surface area contributed by atoms with Crippen LogP contribution in [0.1, 0.15) is 16.2 Å². The summed E-state index contributed by atoms with van der Waals surface area (Å²) in [5.41, 5.74) is 0.999. The number of pyridine rings is 2. The lowest BCUT2D eigenvalue weighted by Gasteiger charge is -2.03. The highest BCUT2D eigenvalue weighted by Gasteiger charge is 2.07. The van der Waals surface area contributed by atoms with Gasteiger partial charge in [-0.2, -0.15) is 5.26 Å². The zero-order valence-corrected chi connectivity index (χ0v) is 8.79. The number of hydrogen-bond acceptors (Lipinski definition) is 4. The molecule has 0 saturated heterocycles. The minimum atomic E-state index is -0.366. The summed E-state index contributed by atoms with van der Waals surface area (Å²) in [5, 5.41) is 11.3. The molecule has 0 aliphatic carbocycles. The molecule has 17 heavy (non-hydrogen) atoms. The normalized spacial score (nSPS) is 9.35. The first-order valence-corrected chi connectivity index (χ1v) is 4.88. The number of anilines is 1. The second-order valence-electron chi connectivity index (χ2n) is 3.22. The molecule has 0 aromatic carbocycles. The van der Waals surface area contributed by atoms with Crippen molar-refractivity contribution >= 4 is 11.6 Å². The largest absolute Gasteiger partial charge is 0.319 e. The Morgan fingerprint density at radius 3 is 2.88 bits per heavy atom. The number of nitrogens with one attached hydrogen (secondary N) is 1. The predicted octanol–water partition coefficient (Wildman–Crippen LogP) is 1.60. The molecule has 0 aliphatic rings. The van der Waals surface area contributed by atoms with E-state index in [1.54, 1.807) is 36.5 Å². The summed E-state index contributed by atoms with van der Waals surface area (Å²) in [6.07, 6.45) is 3.15. The van der Waals surface area contributed by atoms with Crippen LogP contribution < -0.4 is 5.32 Å². The van der Waals surface area contributed by atoms with Crippen LogP contribution in [0.5, 0.6) is 0 Å². The Balaban J connectivity index is 2.18. The van der Waals surface area contributed by atoms with Gasteiger partial charge in [0.05, 0.1) is 11.9 Å². The number of carbonyl (C=O) groups excluding carboxylic acids is 1. The van der Waals surface area contributed by atoms with Gasteiger partial charge >= 0.3 is 0 Å². The van der Waals surface area contributed by atoms with Crippen molar-refractivity contribution in [3.05, 3.63) is 54.1 Å². The third-order valence-electron chi connectivity index (χ3n) is 2.02. The Labute approximate surface area is 97.8 Å². The molecule has 5 heteroatoms. The molecule has 0 aliphatic heterocycles. The summed E-state index contributed by atoms with van der Waals surface area (Å²) in [6, 6.07) is 10.0. The van der Waals surface area contributed by atoms with Crippen molar-refractivity contribution in [2.24, 2.45) is 0 Å². The van der Waals surface area contributed by atoms with Crippen LogP contribution in [-0.2, 0) is 0 Å². The third-order valence-corrected chi connectivity index (χ3v) is 2.02. The molecule has 1 N–H and O–H groups in total. The quantitative estimate of drug-likeness (QED) is 0.840. The van der Waals surface area contributed by atoms with E-state index in [-0.39, 0.29) is 17.3 Å². The highest BCUT2D eigenvalue weighted by atomic mass is 16.1. The van der Waals surface area contributed by atoms with Crippen LogP contribution in [0.4, 0.5) is 5.69 Å². The monoisotopic (exact) mass is 224 g/mol. The van der Waals surface area contributed by atoms with Gasteiger partial charge in [-0.05, 0) is 24.3 Å². The van der Waals surface area contributed by atoms with E-state index in [2.05, 4.69) is 15.3 Å². The summed E-state index contributed by atoms with van der Waals surface area (Å²) >= 11 is 0. The van der Waals surface area contributed by atoms with Crippen LogP contribution >= 0.6 is 0 Å². The van der Waals surface area contributed by atoms with Crippen molar-refractivity contribution in [2.75, 3.05) is 5.32 Å². The maximum absolute atomic E-state index is 11.8. The fourth-order valence-corrected chi connectivity index (χ4v) is 1.26. The molecule has 0 atom stereocenters. The van der Waals surface area contributed by atoms with Crippen molar-refractivity contribution in [3.8, 4) is 6.07 Å². The van der Waals surface area contributed by atoms with Crippen LogP contribution in [0.15, 0.2) is 42.7 Å². The van der Waals surface area contributed by atoms with E-state index in [4.69, 9.17) is 5.26 Å². The second-order valence-corrected chi connectivity index (χ2v) is 3.22. The molecular formula is C12H8N4O. The van der Waals surface area contributed by atoms with Crippen LogP contribution in [0.3, 0.4) is 0 Å². The number of nitriles is 1. The number of amides is 1. The van der Waals surface area contributed by atoms with E-state index < -0.39 is 0 Å². The summed E-state index contributed by atoms with van der Waals surface area (Å²) in [7, 11) is 0. The van der Waals surface area contributed by atoms with E-state index in [0.717, 1.165) is 0 Å². The van der Waals surface area contributed by atoms with Gasteiger partial charge in [0.1, 0.15) is 17.5 Å². The molecule has 82 valence electrons. The summed E-state index contributed by atoms with van der Waals surface area (Å²) < 4.78 is 0. The summed E-state index contributed by atoms with van der Waals surface area (Å²) in [5.74, 6) is -0.366. The SMILES string of the molecule is N#Cc1cccc(C(=O)Nc2cccnc2)n1. The fraction of sp³-hybridized carbons (Fsp3) is 0. The zero-order valence-electron chi connectivity index (χ0n) is 8.79. The Bertz CT molecular complexity index is 575. The highest BCUT2D eigenvalue weighted by Crippen LogP contribution is 2.06. The van der Waals surface area contributed by atoms with E-state index in [0.29, 0.717) is 5.69 Å². The minimum Gasteiger partial charge on any atom is -0.319 e. The average Bonchev–Trinajstić information content (AvgIpc) is 2.40. The molecular weight excluding hydrogens is 216 g/mol. The lowest BCUT2D eigenvalue weighted by molar-refractivity contribution is 0.102. The van der Waals surface area contributed by atoms with Crippen molar-refractivity contribution in [1.29, 1.82) is 5.26 Å². The lowest BCUT2D eigenvalue weighted by atomic mass is 10.3. The molecule has 0 bridgehead atoms. The van der Waals surface area contributed by atoms with Gasteiger partial charge in [-0.3, -0.25) is 9.78 Å². The molecule has 0 saturated carbocycles. The zero-order chi connectivity index (χ0) is 12.1. The Kier molecular flexibility index (Phi) is 3.08. The van der Waals surface area contributed by atoms with E-state index >= 15 is 0 Å².